The summed E-state index contributed by atoms with van der Waals surface area (Å²) in [7, 11) is 1.87. The van der Waals surface area contributed by atoms with E-state index in [1.54, 1.807) is 12.3 Å². The van der Waals surface area contributed by atoms with Crippen LogP contribution in [-0.2, 0) is 4.79 Å². The number of hydrogen-bond donors (Lipinski definition) is 0. The minimum Gasteiger partial charge on any atom is -0.370 e. The van der Waals surface area contributed by atoms with Gasteiger partial charge in [0, 0.05) is 38.3 Å². The third kappa shape index (κ3) is 4.03. The highest BCUT2D eigenvalue weighted by molar-refractivity contribution is 7.09. The van der Waals surface area contributed by atoms with Crippen molar-refractivity contribution in [1.29, 1.82) is 0 Å². The minimum absolute atomic E-state index is 0.0981. The highest BCUT2D eigenvalue weighted by Crippen LogP contribution is 2.38. The van der Waals surface area contributed by atoms with Gasteiger partial charge in [0.15, 0.2) is 0 Å². The largest absolute Gasteiger partial charge is 0.370 e. The van der Waals surface area contributed by atoms with E-state index in [0.29, 0.717) is 17.7 Å². The van der Waals surface area contributed by atoms with Crippen molar-refractivity contribution in [2.24, 2.45) is 5.92 Å². The summed E-state index contributed by atoms with van der Waals surface area (Å²) in [6.45, 7) is 6.05. The molecule has 4 rings (SSSR count). The number of hydrogen-bond acceptors (Lipinski definition) is 6. The summed E-state index contributed by atoms with van der Waals surface area (Å²) >= 11 is 1.43. The van der Waals surface area contributed by atoms with Gasteiger partial charge in [0.1, 0.15) is 5.01 Å². The molecule has 170 valence electrons. The number of anilines is 1. The van der Waals surface area contributed by atoms with Crippen molar-refractivity contribution in [3.63, 3.8) is 0 Å². The van der Waals surface area contributed by atoms with Gasteiger partial charge in [0.2, 0.25) is 5.91 Å². The molecule has 7 nitrogen and oxygen atoms in total. The zero-order valence-electron chi connectivity index (χ0n) is 18.9. The molecule has 2 aliphatic rings. The van der Waals surface area contributed by atoms with E-state index in [0.717, 1.165) is 49.5 Å². The topological polar surface area (TPSA) is 73.8 Å². The molecular formula is C24H30N4O3S. The van der Waals surface area contributed by atoms with Crippen LogP contribution >= 0.6 is 11.3 Å². The van der Waals surface area contributed by atoms with Crippen LogP contribution in [0.4, 0.5) is 5.69 Å². The van der Waals surface area contributed by atoms with Crippen LogP contribution in [0.25, 0.3) is 0 Å². The summed E-state index contributed by atoms with van der Waals surface area (Å²) in [5.74, 6) is -0.494. The second-order valence-corrected chi connectivity index (χ2v) is 9.55. The molecule has 2 unspecified atom stereocenters. The van der Waals surface area contributed by atoms with Crippen LogP contribution in [0, 0.1) is 5.92 Å². The molecule has 2 aliphatic heterocycles. The van der Waals surface area contributed by atoms with Crippen LogP contribution in [-0.4, -0.2) is 59.2 Å². The zero-order valence-corrected chi connectivity index (χ0v) is 19.7. The Balaban J connectivity index is 1.58. The third-order valence-corrected chi connectivity index (χ3v) is 7.40. The summed E-state index contributed by atoms with van der Waals surface area (Å²) in [6.07, 6.45) is 5.46. The van der Waals surface area contributed by atoms with Crippen LogP contribution in [0.1, 0.15) is 71.3 Å². The van der Waals surface area contributed by atoms with Crippen molar-refractivity contribution in [3.05, 3.63) is 45.9 Å². The number of aromatic nitrogens is 1. The van der Waals surface area contributed by atoms with E-state index in [-0.39, 0.29) is 23.6 Å². The second kappa shape index (κ2) is 9.40. The number of thiazole rings is 1. The van der Waals surface area contributed by atoms with Crippen molar-refractivity contribution < 1.29 is 14.4 Å². The van der Waals surface area contributed by atoms with E-state index >= 15 is 0 Å². The highest BCUT2D eigenvalue weighted by Gasteiger charge is 2.42. The molecule has 2 aromatic rings. The molecule has 1 fully saturated rings. The first kappa shape index (κ1) is 22.5. The fourth-order valence-electron chi connectivity index (χ4n) is 4.67. The number of fused-ring (bicyclic) bond motifs is 1. The third-order valence-electron chi connectivity index (χ3n) is 6.46. The molecule has 0 spiro atoms. The van der Waals surface area contributed by atoms with Gasteiger partial charge in [-0.1, -0.05) is 19.4 Å². The minimum atomic E-state index is -0.418. The lowest BCUT2D eigenvalue weighted by atomic mass is 9.95. The van der Waals surface area contributed by atoms with E-state index in [1.165, 1.54) is 16.2 Å². The first-order valence-corrected chi connectivity index (χ1v) is 12.2. The number of carbonyl (C=O) groups is 3. The van der Waals surface area contributed by atoms with Gasteiger partial charge in [-0.3, -0.25) is 19.3 Å². The number of unbranched alkanes of at least 4 members (excludes halogenated alkanes) is 1. The van der Waals surface area contributed by atoms with Crippen molar-refractivity contribution in [3.8, 4) is 0 Å². The van der Waals surface area contributed by atoms with E-state index in [4.69, 9.17) is 0 Å². The van der Waals surface area contributed by atoms with Crippen LogP contribution < -0.4 is 4.90 Å². The number of rotatable bonds is 7. The van der Waals surface area contributed by atoms with Gasteiger partial charge in [-0.05, 0) is 38.3 Å². The van der Waals surface area contributed by atoms with E-state index < -0.39 is 6.04 Å². The van der Waals surface area contributed by atoms with Crippen LogP contribution in [0.2, 0.25) is 0 Å². The van der Waals surface area contributed by atoms with Gasteiger partial charge in [0.25, 0.3) is 11.8 Å². The van der Waals surface area contributed by atoms with Gasteiger partial charge in [-0.15, -0.1) is 11.3 Å². The van der Waals surface area contributed by atoms with Crippen molar-refractivity contribution in [1.82, 2.24) is 14.8 Å². The normalized spacial score (nSPS) is 19.3. The number of nitrogens with zero attached hydrogens (tertiary/aromatic N) is 4. The lowest BCUT2D eigenvalue weighted by Gasteiger charge is -2.36. The molecule has 3 heterocycles. The Kier molecular flexibility index (Phi) is 6.60. The maximum atomic E-state index is 13.4. The lowest BCUT2D eigenvalue weighted by molar-refractivity contribution is -0.134. The highest BCUT2D eigenvalue weighted by atomic mass is 32.1. The van der Waals surface area contributed by atoms with Gasteiger partial charge in [-0.25, -0.2) is 4.98 Å². The predicted octanol–water partition coefficient (Wildman–Crippen LogP) is 3.98. The number of amides is 3. The summed E-state index contributed by atoms with van der Waals surface area (Å²) in [5.41, 5.74) is 1.64. The van der Waals surface area contributed by atoms with E-state index in [2.05, 4.69) is 16.8 Å². The summed E-state index contributed by atoms with van der Waals surface area (Å²) < 4.78 is 0. The number of piperidine rings is 1. The molecule has 1 saturated heterocycles. The van der Waals surface area contributed by atoms with Crippen LogP contribution in [0.3, 0.4) is 0 Å². The fraction of sp³-hybridized carbons (Fsp3) is 0.500. The maximum absolute atomic E-state index is 13.4. The average Bonchev–Trinajstić information content (AvgIpc) is 3.44. The Bertz CT molecular complexity index is 1010. The Morgan fingerprint density at radius 3 is 2.84 bits per heavy atom. The number of carbonyl (C=O) groups excluding carboxylic acids is 3. The van der Waals surface area contributed by atoms with Crippen molar-refractivity contribution in [2.75, 3.05) is 31.6 Å². The lowest BCUT2D eigenvalue weighted by Crippen LogP contribution is -2.44. The molecule has 0 saturated carbocycles. The molecule has 1 aromatic heterocycles. The molecule has 0 N–H and O–H groups in total. The predicted molar refractivity (Wildman–Crippen MR) is 125 cm³/mol. The van der Waals surface area contributed by atoms with Crippen molar-refractivity contribution >= 4 is 34.7 Å². The smallest absolute Gasteiger partial charge is 0.264 e. The molecule has 1 aromatic carbocycles. The zero-order chi connectivity index (χ0) is 22.8. The Morgan fingerprint density at radius 2 is 2.12 bits per heavy atom. The number of benzene rings is 1. The Labute approximate surface area is 193 Å². The summed E-state index contributed by atoms with van der Waals surface area (Å²) in [4.78, 5) is 49.1. The Morgan fingerprint density at radius 1 is 1.31 bits per heavy atom. The second-order valence-electron chi connectivity index (χ2n) is 8.62. The van der Waals surface area contributed by atoms with Gasteiger partial charge in [0.05, 0.1) is 28.8 Å². The van der Waals surface area contributed by atoms with Crippen LogP contribution in [0.15, 0.2) is 29.8 Å². The molecule has 0 aliphatic carbocycles. The fourth-order valence-corrected chi connectivity index (χ4v) is 5.35. The van der Waals surface area contributed by atoms with E-state index in [1.807, 2.05) is 36.4 Å². The van der Waals surface area contributed by atoms with Crippen molar-refractivity contribution in [2.45, 2.75) is 45.6 Å². The average molecular weight is 455 g/mol. The molecule has 0 radical (unpaired) electrons. The first-order chi connectivity index (χ1) is 15.4. The van der Waals surface area contributed by atoms with Gasteiger partial charge < -0.3 is 9.80 Å². The molecule has 32 heavy (non-hydrogen) atoms. The number of imide groups is 1. The molecule has 2 atom stereocenters. The Hall–Kier alpha value is -2.74. The quantitative estimate of drug-likeness (QED) is 0.592. The monoisotopic (exact) mass is 454 g/mol. The molecule has 8 heteroatoms. The summed E-state index contributed by atoms with van der Waals surface area (Å²) in [6, 6.07) is 5.03. The SMILES string of the molecule is CCCCN(C)C(=O)C1CCCN(c2cccc3c2C(=O)N(C(C)c2nccs2)C3=O)C1. The molecule has 0 bridgehead atoms. The molecule has 3 amide bonds. The first-order valence-electron chi connectivity index (χ1n) is 11.3. The van der Waals surface area contributed by atoms with Gasteiger partial charge >= 0.3 is 0 Å². The van der Waals surface area contributed by atoms with E-state index in [9.17, 15) is 14.4 Å². The molecular weight excluding hydrogens is 424 g/mol. The van der Waals surface area contributed by atoms with Gasteiger partial charge in [-0.2, -0.15) is 0 Å². The van der Waals surface area contributed by atoms with Crippen LogP contribution in [0.5, 0.6) is 0 Å². The standard InChI is InChI=1S/C24H30N4O3S/c1-4-5-12-26(3)22(29)17-8-7-13-27(15-17)19-10-6-9-18-20(19)24(31)28(23(18)30)16(2)21-25-11-14-32-21/h6,9-11,14,16-17H,4-5,7-8,12-13,15H2,1-3H3. The summed E-state index contributed by atoms with van der Waals surface area (Å²) in [5, 5.41) is 2.58. The maximum Gasteiger partial charge on any atom is 0.264 e.